The highest BCUT2D eigenvalue weighted by molar-refractivity contribution is 5.81. The van der Waals surface area contributed by atoms with Gasteiger partial charge in [-0.2, -0.15) is 4.57 Å². The molecule has 2 heterocycles. The van der Waals surface area contributed by atoms with Crippen LogP contribution in [0.25, 0.3) is 27.8 Å². The fraction of sp³-hybridized carbons (Fsp3) is 0.174. The summed E-state index contributed by atoms with van der Waals surface area (Å²) in [6.45, 7) is 6.49. The van der Waals surface area contributed by atoms with Gasteiger partial charge in [0.15, 0.2) is 11.9 Å². The standard InChI is InChI=1S/C23H23N3/c1-16-12-21(23-24-10-7-11-25(23)4)18(3)22(13-16)26-15-20-9-6-5-8-19(20)14-17(26)2/h5-15H,1-4H3/q+2. The SMILES string of the molecule is Cc1cc(-c2nccc[n+]2C)c(C)c(-[n+]2cc3ccccc3cc2C)c1. The third kappa shape index (κ3) is 2.76. The van der Waals surface area contributed by atoms with Crippen molar-refractivity contribution < 1.29 is 9.13 Å². The van der Waals surface area contributed by atoms with Crippen LogP contribution in [0.2, 0.25) is 0 Å². The molecule has 4 aromatic rings. The molecule has 0 spiro atoms. The number of hydrogen-bond donors (Lipinski definition) is 0. The first-order valence-corrected chi connectivity index (χ1v) is 8.88. The van der Waals surface area contributed by atoms with E-state index in [1.54, 1.807) is 0 Å². The molecule has 0 saturated heterocycles. The molecule has 0 bridgehead atoms. The largest absolute Gasteiger partial charge is 0.330 e. The van der Waals surface area contributed by atoms with E-state index in [1.165, 1.54) is 38.8 Å². The number of pyridine rings is 1. The number of fused-ring (bicyclic) bond motifs is 1. The minimum atomic E-state index is 0.981. The molecule has 0 atom stereocenters. The summed E-state index contributed by atoms with van der Waals surface area (Å²) >= 11 is 0. The molecule has 3 nitrogen and oxygen atoms in total. The smallest absolute Gasteiger partial charge is 0.233 e. The van der Waals surface area contributed by atoms with E-state index in [2.05, 4.69) is 83.6 Å². The molecule has 128 valence electrons. The van der Waals surface area contributed by atoms with Crippen molar-refractivity contribution in [2.75, 3.05) is 0 Å². The Hall–Kier alpha value is -3.07. The molecule has 4 rings (SSSR count). The van der Waals surface area contributed by atoms with Gasteiger partial charge < -0.3 is 0 Å². The van der Waals surface area contributed by atoms with Crippen molar-refractivity contribution in [3.63, 3.8) is 0 Å². The van der Waals surface area contributed by atoms with Gasteiger partial charge in [-0.05, 0) is 41.9 Å². The Bertz CT molecular complexity index is 1130. The van der Waals surface area contributed by atoms with Crippen LogP contribution in [0.5, 0.6) is 0 Å². The molecule has 0 aliphatic carbocycles. The first-order valence-electron chi connectivity index (χ1n) is 8.88. The molecule has 26 heavy (non-hydrogen) atoms. The molecule has 3 heteroatoms. The summed E-state index contributed by atoms with van der Waals surface area (Å²) in [5.41, 5.74) is 6.05. The Morgan fingerprint density at radius 3 is 2.42 bits per heavy atom. The number of aryl methyl sites for hydroxylation is 3. The van der Waals surface area contributed by atoms with Crippen molar-refractivity contribution >= 4 is 10.8 Å². The average molecular weight is 341 g/mol. The maximum absolute atomic E-state index is 4.61. The van der Waals surface area contributed by atoms with Crippen molar-refractivity contribution in [3.05, 3.63) is 83.9 Å². The van der Waals surface area contributed by atoms with Gasteiger partial charge in [0.05, 0.1) is 18.8 Å². The van der Waals surface area contributed by atoms with Gasteiger partial charge in [0.25, 0.3) is 0 Å². The van der Waals surface area contributed by atoms with E-state index >= 15 is 0 Å². The highest BCUT2D eigenvalue weighted by atomic mass is 15.0. The van der Waals surface area contributed by atoms with Gasteiger partial charge in [-0.25, -0.2) is 4.57 Å². The van der Waals surface area contributed by atoms with Crippen molar-refractivity contribution in [1.29, 1.82) is 0 Å². The second kappa shape index (κ2) is 6.34. The summed E-state index contributed by atoms with van der Waals surface area (Å²) < 4.78 is 4.36. The lowest BCUT2D eigenvalue weighted by Crippen LogP contribution is -2.36. The molecule has 0 unspecified atom stereocenters. The summed E-state index contributed by atoms with van der Waals surface area (Å²) in [6, 6.07) is 17.2. The average Bonchev–Trinajstić information content (AvgIpc) is 2.63. The van der Waals surface area contributed by atoms with Gasteiger partial charge in [0.1, 0.15) is 6.20 Å². The third-order valence-corrected chi connectivity index (χ3v) is 4.96. The molecule has 0 aliphatic heterocycles. The molecule has 0 radical (unpaired) electrons. The second-order valence-electron chi connectivity index (χ2n) is 6.92. The van der Waals surface area contributed by atoms with E-state index in [4.69, 9.17) is 0 Å². The van der Waals surface area contributed by atoms with Gasteiger partial charge >= 0.3 is 5.82 Å². The molecule has 0 saturated carbocycles. The summed E-state index contributed by atoms with van der Waals surface area (Å²) in [4.78, 5) is 4.61. The summed E-state index contributed by atoms with van der Waals surface area (Å²) in [5, 5.41) is 2.51. The predicted octanol–water partition coefficient (Wildman–Crippen LogP) is 3.93. The Labute approximate surface area is 154 Å². The molecule has 2 aromatic heterocycles. The Morgan fingerprint density at radius 1 is 0.885 bits per heavy atom. The maximum atomic E-state index is 4.61. The molecule has 0 aliphatic rings. The van der Waals surface area contributed by atoms with Gasteiger partial charge in [0.2, 0.25) is 5.69 Å². The van der Waals surface area contributed by atoms with Crippen LogP contribution >= 0.6 is 0 Å². The van der Waals surface area contributed by atoms with Gasteiger partial charge in [0, 0.05) is 36.1 Å². The van der Waals surface area contributed by atoms with E-state index in [1.807, 2.05) is 25.5 Å². The first-order chi connectivity index (χ1) is 12.5. The Morgan fingerprint density at radius 2 is 1.65 bits per heavy atom. The zero-order chi connectivity index (χ0) is 18.3. The lowest BCUT2D eigenvalue weighted by molar-refractivity contribution is -0.663. The highest BCUT2D eigenvalue weighted by Crippen LogP contribution is 2.25. The molecule has 0 fully saturated rings. The number of hydrogen-bond acceptors (Lipinski definition) is 1. The zero-order valence-corrected chi connectivity index (χ0v) is 15.7. The minimum Gasteiger partial charge on any atom is -0.233 e. The lowest BCUT2D eigenvalue weighted by atomic mass is 10.0. The van der Waals surface area contributed by atoms with E-state index in [0.717, 1.165) is 5.82 Å². The Balaban J connectivity index is 1.99. The van der Waals surface area contributed by atoms with Crippen molar-refractivity contribution in [1.82, 2.24) is 4.98 Å². The maximum Gasteiger partial charge on any atom is 0.330 e. The highest BCUT2D eigenvalue weighted by Gasteiger charge is 2.23. The van der Waals surface area contributed by atoms with Crippen LogP contribution < -0.4 is 9.13 Å². The number of benzene rings is 2. The normalized spacial score (nSPS) is 11.1. The molecule has 0 N–H and O–H groups in total. The van der Waals surface area contributed by atoms with Crippen LogP contribution in [0.4, 0.5) is 0 Å². The monoisotopic (exact) mass is 341 g/mol. The molecule has 2 aromatic carbocycles. The van der Waals surface area contributed by atoms with Crippen LogP contribution in [0.15, 0.2) is 67.1 Å². The van der Waals surface area contributed by atoms with Crippen LogP contribution in [0.3, 0.4) is 0 Å². The van der Waals surface area contributed by atoms with E-state index < -0.39 is 0 Å². The Kier molecular flexibility index (Phi) is 4.00. The van der Waals surface area contributed by atoms with Crippen LogP contribution in [-0.4, -0.2) is 4.98 Å². The molecular weight excluding hydrogens is 318 g/mol. The third-order valence-electron chi connectivity index (χ3n) is 4.96. The summed E-state index contributed by atoms with van der Waals surface area (Å²) in [7, 11) is 2.04. The number of rotatable bonds is 2. The van der Waals surface area contributed by atoms with Crippen LogP contribution in [0, 0.1) is 20.8 Å². The van der Waals surface area contributed by atoms with E-state index in [9.17, 15) is 0 Å². The van der Waals surface area contributed by atoms with Gasteiger partial charge in [-0.15, -0.1) is 0 Å². The number of nitrogens with zero attached hydrogens (tertiary/aromatic N) is 3. The molecule has 0 amide bonds. The summed E-state index contributed by atoms with van der Waals surface area (Å²) in [6.07, 6.45) is 6.12. The molecular formula is C23H23N3+2. The quantitative estimate of drug-likeness (QED) is 0.506. The van der Waals surface area contributed by atoms with Crippen molar-refractivity contribution in [3.8, 4) is 17.1 Å². The second-order valence-corrected chi connectivity index (χ2v) is 6.92. The first kappa shape index (κ1) is 16.4. The lowest BCUT2D eigenvalue weighted by Gasteiger charge is -2.09. The topological polar surface area (TPSA) is 20.6 Å². The van der Waals surface area contributed by atoms with Crippen LogP contribution in [-0.2, 0) is 7.05 Å². The zero-order valence-electron chi connectivity index (χ0n) is 15.7. The fourth-order valence-corrected chi connectivity index (χ4v) is 3.58. The minimum absolute atomic E-state index is 0.981. The van der Waals surface area contributed by atoms with Crippen LogP contribution in [0.1, 0.15) is 16.8 Å². The van der Waals surface area contributed by atoms with Gasteiger partial charge in [-0.3, -0.25) is 0 Å². The number of aromatic nitrogens is 3. The van der Waals surface area contributed by atoms with E-state index in [-0.39, 0.29) is 0 Å². The van der Waals surface area contributed by atoms with Crippen molar-refractivity contribution in [2.45, 2.75) is 20.8 Å². The van der Waals surface area contributed by atoms with Gasteiger partial charge in [-0.1, -0.05) is 18.2 Å². The predicted molar refractivity (Wildman–Crippen MR) is 104 cm³/mol. The van der Waals surface area contributed by atoms with Crippen molar-refractivity contribution in [2.24, 2.45) is 7.05 Å². The van der Waals surface area contributed by atoms with E-state index in [0.29, 0.717) is 0 Å². The fourth-order valence-electron chi connectivity index (χ4n) is 3.58. The summed E-state index contributed by atoms with van der Waals surface area (Å²) in [5.74, 6) is 0.981.